The summed E-state index contributed by atoms with van der Waals surface area (Å²) in [6, 6.07) is 4.27. The van der Waals surface area contributed by atoms with Crippen molar-refractivity contribution in [1.29, 1.82) is 0 Å². The van der Waals surface area contributed by atoms with Crippen molar-refractivity contribution in [2.24, 2.45) is 0 Å². The van der Waals surface area contributed by atoms with Crippen molar-refractivity contribution in [2.45, 2.75) is 45.3 Å². The minimum Gasteiger partial charge on any atom is -0.0809 e. The second-order valence-electron chi connectivity index (χ2n) is 3.67. The zero-order valence-electron chi connectivity index (χ0n) is 8.56. The van der Waals surface area contributed by atoms with Crippen LogP contribution in [0.3, 0.4) is 0 Å². The molecule has 0 aliphatic heterocycles. The molecule has 0 spiro atoms. The molecule has 0 aromatic heterocycles. The molecule has 1 heteroatoms. The molecule has 0 unspecified atom stereocenters. The molecule has 0 aromatic carbocycles. The first-order valence-electron chi connectivity index (χ1n) is 5.15. The third kappa shape index (κ3) is 1.56. The van der Waals surface area contributed by atoms with Crippen molar-refractivity contribution in [3.63, 3.8) is 0 Å². The lowest BCUT2D eigenvalue weighted by Crippen LogP contribution is -2.33. The van der Waals surface area contributed by atoms with E-state index in [1.54, 1.807) is 5.20 Å². The van der Waals surface area contributed by atoms with Gasteiger partial charge >= 0.3 is 0 Å². The maximum atomic E-state index is 2.38. The first-order chi connectivity index (χ1) is 5.79. The molecular formula is C11H20Si. The van der Waals surface area contributed by atoms with Gasteiger partial charge in [0.25, 0.3) is 0 Å². The molecule has 0 aromatic rings. The lowest BCUT2D eigenvalue weighted by atomic mass is 10.5. The van der Waals surface area contributed by atoms with Crippen LogP contribution >= 0.6 is 0 Å². The Morgan fingerprint density at radius 1 is 1.17 bits per heavy atom. The van der Waals surface area contributed by atoms with Gasteiger partial charge in [0, 0.05) is 0 Å². The molecule has 1 aliphatic rings. The Morgan fingerprint density at radius 2 is 1.75 bits per heavy atom. The molecule has 0 fully saturated rings. The smallest absolute Gasteiger partial charge is 0.0809 e. The molecule has 0 saturated carbocycles. The molecule has 1 aliphatic carbocycles. The highest BCUT2D eigenvalue weighted by atomic mass is 28.3. The molecule has 0 N–H and O–H groups in total. The molecule has 0 atom stereocenters. The lowest BCUT2D eigenvalue weighted by Gasteiger charge is -2.29. The van der Waals surface area contributed by atoms with E-state index in [2.05, 4.69) is 39.0 Å². The van der Waals surface area contributed by atoms with Crippen LogP contribution in [0.15, 0.2) is 23.4 Å². The summed E-state index contributed by atoms with van der Waals surface area (Å²) < 4.78 is 0. The largest absolute Gasteiger partial charge is 0.0811 e. The molecular weight excluding hydrogens is 160 g/mol. The quantitative estimate of drug-likeness (QED) is 0.575. The van der Waals surface area contributed by atoms with Crippen LogP contribution in [-0.4, -0.2) is 8.07 Å². The molecule has 1 rings (SSSR count). The van der Waals surface area contributed by atoms with Gasteiger partial charge in [-0.2, -0.15) is 0 Å². The van der Waals surface area contributed by atoms with E-state index in [1.165, 1.54) is 24.6 Å². The molecule has 0 nitrogen and oxygen atoms in total. The maximum Gasteiger partial charge on any atom is 0.0811 e. The Morgan fingerprint density at radius 3 is 2.08 bits per heavy atom. The third-order valence-corrected chi connectivity index (χ3v) is 9.28. The number of allylic oxidation sites excluding steroid dienone is 4. The Bertz CT molecular complexity index is 189. The molecule has 68 valence electrons. The fourth-order valence-electron chi connectivity index (χ4n) is 2.27. The number of rotatable bonds is 4. The number of hydrogen-bond donors (Lipinski definition) is 0. The van der Waals surface area contributed by atoms with Crippen molar-refractivity contribution >= 4 is 8.07 Å². The molecule has 0 saturated heterocycles. The van der Waals surface area contributed by atoms with Gasteiger partial charge in [0.15, 0.2) is 0 Å². The highest BCUT2D eigenvalue weighted by Crippen LogP contribution is 2.32. The van der Waals surface area contributed by atoms with Crippen LogP contribution in [0.25, 0.3) is 0 Å². The average molecular weight is 180 g/mol. The summed E-state index contributed by atoms with van der Waals surface area (Å²) in [7, 11) is -0.986. The SMILES string of the molecule is CC[Si](CC)(CC)C1=CC=CC1. The highest BCUT2D eigenvalue weighted by molar-refractivity contribution is 6.86. The van der Waals surface area contributed by atoms with Crippen molar-refractivity contribution in [1.82, 2.24) is 0 Å². The zero-order chi connectivity index (χ0) is 9.03. The predicted molar refractivity (Wildman–Crippen MR) is 59.0 cm³/mol. The Kier molecular flexibility index (Phi) is 3.33. The van der Waals surface area contributed by atoms with Crippen LogP contribution in [0.2, 0.25) is 18.1 Å². The molecule has 0 radical (unpaired) electrons. The van der Waals surface area contributed by atoms with Gasteiger partial charge in [-0.3, -0.25) is 0 Å². The number of hydrogen-bond acceptors (Lipinski definition) is 0. The van der Waals surface area contributed by atoms with Crippen LogP contribution in [0.1, 0.15) is 27.2 Å². The van der Waals surface area contributed by atoms with Crippen LogP contribution in [0.5, 0.6) is 0 Å². The van der Waals surface area contributed by atoms with E-state index in [9.17, 15) is 0 Å². The van der Waals surface area contributed by atoms with Crippen LogP contribution in [-0.2, 0) is 0 Å². The van der Waals surface area contributed by atoms with Gasteiger partial charge in [-0.15, -0.1) is 0 Å². The van der Waals surface area contributed by atoms with E-state index in [0.29, 0.717) is 0 Å². The maximum absolute atomic E-state index is 2.38. The molecule has 0 amide bonds. The first-order valence-corrected chi connectivity index (χ1v) is 7.77. The summed E-state index contributed by atoms with van der Waals surface area (Å²) in [5.74, 6) is 0. The predicted octanol–water partition coefficient (Wildman–Crippen LogP) is 3.92. The van der Waals surface area contributed by atoms with Crippen LogP contribution in [0, 0.1) is 0 Å². The second kappa shape index (κ2) is 4.08. The highest BCUT2D eigenvalue weighted by Gasteiger charge is 2.30. The average Bonchev–Trinajstić information content (AvgIpc) is 2.62. The normalized spacial score (nSPS) is 16.8. The molecule has 0 heterocycles. The van der Waals surface area contributed by atoms with E-state index in [0.717, 1.165) is 0 Å². The summed E-state index contributed by atoms with van der Waals surface area (Å²) in [6.45, 7) is 7.12. The fourth-order valence-corrected chi connectivity index (χ4v) is 6.13. The Labute approximate surface area is 77.4 Å². The van der Waals surface area contributed by atoms with Crippen molar-refractivity contribution in [3.8, 4) is 0 Å². The van der Waals surface area contributed by atoms with Crippen LogP contribution in [0.4, 0.5) is 0 Å². The van der Waals surface area contributed by atoms with E-state index in [4.69, 9.17) is 0 Å². The minimum atomic E-state index is -0.986. The summed E-state index contributed by atoms with van der Waals surface area (Å²) >= 11 is 0. The van der Waals surface area contributed by atoms with Gasteiger partial charge in [-0.1, -0.05) is 62.3 Å². The van der Waals surface area contributed by atoms with Crippen molar-refractivity contribution in [3.05, 3.63) is 23.4 Å². The summed E-state index contributed by atoms with van der Waals surface area (Å²) in [5, 5.41) is 1.79. The summed E-state index contributed by atoms with van der Waals surface area (Å²) in [5.41, 5.74) is 0. The topological polar surface area (TPSA) is 0 Å². The lowest BCUT2D eigenvalue weighted by molar-refractivity contribution is 1.15. The van der Waals surface area contributed by atoms with Gasteiger partial charge in [-0.25, -0.2) is 0 Å². The minimum absolute atomic E-state index is 0.986. The summed E-state index contributed by atoms with van der Waals surface area (Å²) in [4.78, 5) is 0. The van der Waals surface area contributed by atoms with Gasteiger partial charge in [-0.05, 0) is 6.42 Å². The molecule has 12 heavy (non-hydrogen) atoms. The van der Waals surface area contributed by atoms with E-state index < -0.39 is 8.07 Å². The van der Waals surface area contributed by atoms with Gasteiger partial charge in [0.05, 0.1) is 8.07 Å². The standard InChI is InChI=1S/C11H20Si/c1-4-12(5-2,6-3)11-9-7-8-10-11/h7-9H,4-6,10H2,1-3H3. The van der Waals surface area contributed by atoms with E-state index in [-0.39, 0.29) is 0 Å². The summed E-state index contributed by atoms with van der Waals surface area (Å²) in [6.07, 6.45) is 8.17. The van der Waals surface area contributed by atoms with E-state index in [1.807, 2.05) is 0 Å². The first kappa shape index (κ1) is 9.78. The van der Waals surface area contributed by atoms with Gasteiger partial charge in [0.1, 0.15) is 0 Å². The Balaban J connectivity index is 2.77. The van der Waals surface area contributed by atoms with Crippen LogP contribution < -0.4 is 0 Å². The fraction of sp³-hybridized carbons (Fsp3) is 0.636. The van der Waals surface area contributed by atoms with Gasteiger partial charge < -0.3 is 0 Å². The van der Waals surface area contributed by atoms with E-state index >= 15 is 0 Å². The molecule has 0 bridgehead atoms. The van der Waals surface area contributed by atoms with Crippen molar-refractivity contribution < 1.29 is 0 Å². The van der Waals surface area contributed by atoms with Gasteiger partial charge in [0.2, 0.25) is 0 Å². The monoisotopic (exact) mass is 180 g/mol. The Hall–Kier alpha value is -0.303. The van der Waals surface area contributed by atoms with Crippen molar-refractivity contribution in [2.75, 3.05) is 0 Å². The zero-order valence-corrected chi connectivity index (χ0v) is 9.56. The third-order valence-electron chi connectivity index (χ3n) is 3.48. The second-order valence-corrected chi connectivity index (χ2v) is 8.99.